The van der Waals surface area contributed by atoms with Crippen LogP contribution < -0.4 is 30.8 Å². The minimum atomic E-state index is -5.09. The van der Waals surface area contributed by atoms with E-state index in [0.717, 1.165) is 12.1 Å². The third-order valence-electron chi connectivity index (χ3n) is 5.72. The van der Waals surface area contributed by atoms with Crippen molar-refractivity contribution in [2.24, 2.45) is 9.98 Å². The molecule has 0 saturated heterocycles. The van der Waals surface area contributed by atoms with Gasteiger partial charge in [0.2, 0.25) is 6.41 Å². The van der Waals surface area contributed by atoms with E-state index in [1.54, 1.807) is 6.92 Å². The van der Waals surface area contributed by atoms with Crippen LogP contribution in [0.1, 0.15) is 6.92 Å². The second-order valence-corrected chi connectivity index (χ2v) is 11.9. The van der Waals surface area contributed by atoms with Gasteiger partial charge >= 0.3 is 10.1 Å². The lowest BCUT2D eigenvalue weighted by atomic mass is 10.2. The van der Waals surface area contributed by atoms with Crippen LogP contribution in [0.2, 0.25) is 10.0 Å². The Kier molecular flexibility index (Phi) is 6.88. The summed E-state index contributed by atoms with van der Waals surface area (Å²) in [5, 5.41) is 4.32. The van der Waals surface area contributed by atoms with Gasteiger partial charge < -0.3 is 20.1 Å². The first-order valence-electron chi connectivity index (χ1n) is 10.9. The molecular weight excluding hydrogens is 618 g/mol. The molecule has 210 valence electrons. The average Bonchev–Trinajstić information content (AvgIpc) is 2.87. The second kappa shape index (κ2) is 9.83. The molecule has 2 heterocycles. The maximum Gasteiger partial charge on any atom is 0.301 e. The highest BCUT2D eigenvalue weighted by Gasteiger charge is 2.34. The van der Waals surface area contributed by atoms with E-state index in [1.807, 2.05) is 0 Å². The number of ether oxygens (including phenoxy) is 2. The Morgan fingerprint density at radius 3 is 1.90 bits per heavy atom. The number of hydrogen-bond acceptors (Lipinski definition) is 10. The molecule has 1 unspecified atom stereocenters. The molecule has 3 aromatic carbocycles. The number of halogens is 3. The van der Waals surface area contributed by atoms with Gasteiger partial charge in [0, 0.05) is 12.6 Å². The number of anilines is 1. The summed E-state index contributed by atoms with van der Waals surface area (Å²) in [6.07, 6.45) is 0.474. The first-order chi connectivity index (χ1) is 18.7. The van der Waals surface area contributed by atoms with E-state index in [1.165, 1.54) is 12.1 Å². The lowest BCUT2D eigenvalue weighted by molar-refractivity contribution is -0.110. The summed E-state index contributed by atoms with van der Waals surface area (Å²) < 4.78 is 93.7. The summed E-state index contributed by atoms with van der Waals surface area (Å²) in [6.45, 7) is 1.73. The Balaban J connectivity index is 1.71. The summed E-state index contributed by atoms with van der Waals surface area (Å²) in [5.74, 6) is -2.96. The smallest absolute Gasteiger partial charge is 0.301 e. The predicted molar refractivity (Wildman–Crippen MR) is 138 cm³/mol. The van der Waals surface area contributed by atoms with Crippen LogP contribution in [0.3, 0.4) is 0 Å². The maximum absolute atomic E-state index is 14.3. The molecule has 3 aromatic rings. The van der Waals surface area contributed by atoms with Crippen molar-refractivity contribution < 1.29 is 44.6 Å². The number of nitrogens with zero attached hydrogens (tertiary/aromatic N) is 2. The van der Waals surface area contributed by atoms with E-state index in [-0.39, 0.29) is 55.9 Å². The molecule has 40 heavy (non-hydrogen) atoms. The van der Waals surface area contributed by atoms with Crippen LogP contribution >= 0.6 is 23.2 Å². The van der Waals surface area contributed by atoms with Crippen LogP contribution in [0.4, 0.5) is 21.5 Å². The molecule has 0 bridgehead atoms. The monoisotopic (exact) mass is 632 g/mol. The molecular formula is C22H15Cl2FN4O9S2. The van der Waals surface area contributed by atoms with Gasteiger partial charge in [0.1, 0.15) is 38.0 Å². The van der Waals surface area contributed by atoms with Gasteiger partial charge in [-0.2, -0.15) is 16.8 Å². The number of hydrogen-bond donors (Lipinski definition) is 4. The highest BCUT2D eigenvalue weighted by molar-refractivity contribution is 7.86. The van der Waals surface area contributed by atoms with Crippen molar-refractivity contribution in [2.45, 2.75) is 22.8 Å². The molecule has 0 spiro atoms. The second-order valence-electron chi connectivity index (χ2n) is 8.44. The average molecular weight is 633 g/mol. The number of benzene rings is 3. The van der Waals surface area contributed by atoms with Gasteiger partial charge in [0.25, 0.3) is 10.1 Å². The number of rotatable bonds is 7. The fraction of sp³-hybridized carbons (Fsp3) is 0.136. The summed E-state index contributed by atoms with van der Waals surface area (Å²) in [5.41, 5.74) is -0.391. The number of carbonyl (C=O) groups excluding carboxylic acids is 1. The van der Waals surface area contributed by atoms with Gasteiger partial charge in [-0.15, -0.1) is 0 Å². The summed E-state index contributed by atoms with van der Waals surface area (Å²) in [6, 6.07) is 4.05. The van der Waals surface area contributed by atoms with Gasteiger partial charge in [-0.25, -0.2) is 14.4 Å². The molecule has 1 amide bonds. The Hall–Kier alpha value is -3.54. The normalized spacial score (nSPS) is 14.1. The van der Waals surface area contributed by atoms with Crippen LogP contribution in [0, 0.1) is 5.82 Å². The van der Waals surface area contributed by atoms with E-state index in [2.05, 4.69) is 20.6 Å². The lowest BCUT2D eigenvalue weighted by Crippen LogP contribution is -2.31. The highest BCUT2D eigenvalue weighted by atomic mass is 35.5. The molecule has 2 aliphatic heterocycles. The fourth-order valence-corrected chi connectivity index (χ4v) is 5.99. The topological polar surface area (TPSA) is 193 Å². The Labute approximate surface area is 234 Å². The minimum absolute atomic E-state index is 0.0682. The van der Waals surface area contributed by atoms with Gasteiger partial charge in [-0.1, -0.05) is 23.2 Å². The van der Waals surface area contributed by atoms with E-state index in [4.69, 9.17) is 32.7 Å². The van der Waals surface area contributed by atoms with Crippen LogP contribution in [0.25, 0.3) is 0 Å². The van der Waals surface area contributed by atoms with Gasteiger partial charge in [0.15, 0.2) is 32.8 Å². The van der Waals surface area contributed by atoms with Crippen molar-refractivity contribution in [3.05, 3.63) is 50.8 Å². The highest BCUT2D eigenvalue weighted by Crippen LogP contribution is 2.48. The number of fused-ring (bicyclic) bond motifs is 4. The van der Waals surface area contributed by atoms with E-state index in [9.17, 15) is 35.1 Å². The van der Waals surface area contributed by atoms with E-state index < -0.39 is 53.4 Å². The van der Waals surface area contributed by atoms with Crippen molar-refractivity contribution >= 4 is 66.9 Å². The van der Waals surface area contributed by atoms with Crippen LogP contribution in [-0.4, -0.2) is 44.9 Å². The van der Waals surface area contributed by atoms with E-state index >= 15 is 0 Å². The predicted octanol–water partition coefficient (Wildman–Crippen LogP) is 3.29. The molecule has 5 rings (SSSR count). The Morgan fingerprint density at radius 2 is 1.40 bits per heavy atom. The number of carbonyl (C=O) groups is 1. The lowest BCUT2D eigenvalue weighted by Gasteiger charge is -2.23. The van der Waals surface area contributed by atoms with Crippen LogP contribution in [-0.2, 0) is 25.0 Å². The zero-order chi connectivity index (χ0) is 29.1. The third-order valence-corrected chi connectivity index (χ3v) is 8.24. The third kappa shape index (κ3) is 4.71. The van der Waals surface area contributed by atoms with Crippen LogP contribution in [0.15, 0.2) is 44.0 Å². The molecule has 4 N–H and O–H groups in total. The first-order valence-corrected chi connectivity index (χ1v) is 14.6. The van der Waals surface area contributed by atoms with Crippen molar-refractivity contribution in [3.63, 3.8) is 0 Å². The van der Waals surface area contributed by atoms with Gasteiger partial charge in [-0.05, 0) is 31.2 Å². The summed E-state index contributed by atoms with van der Waals surface area (Å²) in [7, 11) is -10.0. The van der Waals surface area contributed by atoms with Crippen molar-refractivity contribution in [1.82, 2.24) is 5.32 Å². The number of amides is 1. The van der Waals surface area contributed by atoms with E-state index in [0.29, 0.717) is 6.41 Å². The Bertz CT molecular complexity index is 1970. The minimum Gasteiger partial charge on any atom is -0.450 e. The van der Waals surface area contributed by atoms with Gasteiger partial charge in [-0.3, -0.25) is 13.9 Å². The molecule has 13 nitrogen and oxygen atoms in total. The standard InChI is InChI=1S/C22H15Cl2FN4O9S2/c1-8(27-7-30)6-26-12-5-4-11-18(22(12)40(34,35)36)38-20-14(24)15-19(13(23)16(20)29-11)37-17-10(28-15)3-2-9(25)21(17)39(31,32)33/h2-5,7-8,26H,6H2,1H3,(H,27,30)(H,31,32,33)(H,34,35,36). The Morgan fingerprint density at radius 1 is 0.900 bits per heavy atom. The molecule has 18 heteroatoms. The molecule has 0 fully saturated rings. The van der Waals surface area contributed by atoms with Crippen molar-refractivity contribution in [3.8, 4) is 23.0 Å². The SMILES string of the molecule is CC(CNc1ccc2c(c1S(=O)(=O)O)Oc1c(Cl)c3c(c(Cl)c1=N2)Oc1c(ccc(F)c1S(=O)(=O)O)N=3)NC=O. The van der Waals surface area contributed by atoms with Gasteiger partial charge in [0.05, 0.1) is 5.69 Å². The fourth-order valence-electron chi connectivity index (χ4n) is 3.98. The molecule has 2 aliphatic rings. The molecule has 1 atom stereocenters. The molecule has 0 radical (unpaired) electrons. The molecule has 0 saturated carbocycles. The zero-order valence-corrected chi connectivity index (χ0v) is 22.9. The quantitative estimate of drug-likeness (QED) is 0.153. The van der Waals surface area contributed by atoms with Crippen molar-refractivity contribution in [1.29, 1.82) is 0 Å². The number of nitrogens with one attached hydrogen (secondary N) is 2. The summed E-state index contributed by atoms with van der Waals surface area (Å²) >= 11 is 13.0. The molecule has 0 aliphatic carbocycles. The van der Waals surface area contributed by atoms with Crippen molar-refractivity contribution in [2.75, 3.05) is 11.9 Å². The summed E-state index contributed by atoms with van der Waals surface area (Å²) in [4.78, 5) is 17.3. The zero-order valence-electron chi connectivity index (χ0n) is 19.8. The maximum atomic E-state index is 14.3. The van der Waals surface area contributed by atoms with Crippen LogP contribution in [0.5, 0.6) is 23.0 Å². The largest absolute Gasteiger partial charge is 0.450 e. The first kappa shape index (κ1) is 28.0. The molecule has 0 aromatic heterocycles.